The van der Waals surface area contributed by atoms with E-state index in [0.717, 1.165) is 5.69 Å². The van der Waals surface area contributed by atoms with E-state index in [1.54, 1.807) is 6.92 Å². The van der Waals surface area contributed by atoms with Crippen molar-refractivity contribution >= 4 is 22.6 Å². The van der Waals surface area contributed by atoms with E-state index in [4.69, 9.17) is 0 Å². The summed E-state index contributed by atoms with van der Waals surface area (Å²) in [6.07, 6.45) is 11.0. The lowest BCUT2D eigenvalue weighted by molar-refractivity contribution is 0.752. The van der Waals surface area contributed by atoms with Crippen molar-refractivity contribution in [1.82, 2.24) is 0 Å². The third-order valence-corrected chi connectivity index (χ3v) is 10.6. The molecule has 2 aliphatic rings. The second-order valence-electron chi connectivity index (χ2n) is 13.6. The first-order chi connectivity index (χ1) is 26.1. The highest BCUT2D eigenvalue weighted by Gasteiger charge is 2.51. The summed E-state index contributed by atoms with van der Waals surface area (Å²) in [5, 5.41) is 0. The van der Waals surface area contributed by atoms with Gasteiger partial charge in [0.1, 0.15) is 0 Å². The van der Waals surface area contributed by atoms with Gasteiger partial charge < -0.3 is 4.90 Å². The van der Waals surface area contributed by atoms with Gasteiger partial charge >= 0.3 is 0 Å². The summed E-state index contributed by atoms with van der Waals surface area (Å²) in [5.41, 5.74) is 18.3. The maximum absolute atomic E-state index is 4.60. The molecule has 254 valence electrons. The van der Waals surface area contributed by atoms with Gasteiger partial charge in [-0.3, -0.25) is 0 Å². The maximum atomic E-state index is 4.60. The molecule has 0 radical (unpaired) electrons. The topological polar surface area (TPSA) is 3.24 Å². The third-order valence-electron chi connectivity index (χ3n) is 10.6. The fourth-order valence-corrected chi connectivity index (χ4v) is 8.25. The van der Waals surface area contributed by atoms with Crippen molar-refractivity contribution in [3.05, 3.63) is 216 Å². The molecule has 0 aromatic heterocycles. The second-order valence-corrected chi connectivity index (χ2v) is 13.6. The van der Waals surface area contributed by atoms with Crippen LogP contribution in [0.2, 0.25) is 0 Å². The second kappa shape index (κ2) is 14.2. The monoisotopic (exact) mass is 679 g/mol. The Kier molecular flexibility index (Phi) is 8.97. The third kappa shape index (κ3) is 5.61. The van der Waals surface area contributed by atoms with E-state index in [2.05, 4.69) is 219 Å². The van der Waals surface area contributed by atoms with Crippen LogP contribution in [0.25, 0.3) is 39.0 Å². The predicted octanol–water partition coefficient (Wildman–Crippen LogP) is 13.8. The molecule has 0 unspecified atom stereocenters. The number of allylic oxidation sites excluding steroid dienone is 4. The van der Waals surface area contributed by atoms with E-state index < -0.39 is 5.41 Å². The van der Waals surface area contributed by atoms with Crippen molar-refractivity contribution in [3.63, 3.8) is 0 Å². The van der Waals surface area contributed by atoms with Crippen LogP contribution >= 0.6 is 0 Å². The minimum atomic E-state index is -0.514. The first kappa shape index (κ1) is 33.5. The zero-order valence-corrected chi connectivity index (χ0v) is 30.4. The van der Waals surface area contributed by atoms with Gasteiger partial charge in [0.05, 0.1) is 16.8 Å². The average molecular weight is 680 g/mol. The lowest BCUT2D eigenvalue weighted by atomic mass is 9.64. The molecule has 0 N–H and O–H groups in total. The van der Waals surface area contributed by atoms with Crippen LogP contribution in [-0.4, -0.2) is 0 Å². The molecule has 1 aliphatic heterocycles. The van der Waals surface area contributed by atoms with E-state index in [1.807, 2.05) is 0 Å². The van der Waals surface area contributed by atoms with Gasteiger partial charge in [-0.15, -0.1) is 12.3 Å². The van der Waals surface area contributed by atoms with Gasteiger partial charge in [0.25, 0.3) is 0 Å². The number of hydrogen-bond acceptors (Lipinski definition) is 1. The summed E-state index contributed by atoms with van der Waals surface area (Å²) in [5.74, 6) is 2.25. The molecule has 0 fully saturated rings. The quantitative estimate of drug-likeness (QED) is 0.129. The Labute approximate surface area is 314 Å². The molecule has 1 aliphatic carbocycles. The van der Waals surface area contributed by atoms with Crippen LogP contribution in [0.5, 0.6) is 0 Å². The number of para-hydroxylation sites is 2. The standard InChI is InChI=1S/C49H37N.C3H4/c1-3-4-15-34(2)38-26-30-41-42-31-27-39(36-18-9-6-10-19-36)33-46(42)49(45(41)32-38)43-20-11-13-22-47(43)50(48-23-14-12-21-44(48)49)40-28-24-37(25-29-40)35-16-7-5-8-17-35;1-3-2/h3-33H,1-2H3;1H,2H3/b4-3-,34-15+;. The first-order valence-electron chi connectivity index (χ1n) is 18.3. The molecule has 0 saturated carbocycles. The van der Waals surface area contributed by atoms with Gasteiger partial charge in [0.2, 0.25) is 0 Å². The Morgan fingerprint density at radius 2 is 1.02 bits per heavy atom. The number of anilines is 3. The largest absolute Gasteiger partial charge is 0.310 e. The average Bonchev–Trinajstić information content (AvgIpc) is 3.50. The Morgan fingerprint density at radius 1 is 0.547 bits per heavy atom. The summed E-state index contributed by atoms with van der Waals surface area (Å²) >= 11 is 0. The van der Waals surface area contributed by atoms with E-state index in [0.29, 0.717) is 0 Å². The highest BCUT2D eigenvalue weighted by Crippen LogP contribution is 2.64. The molecule has 9 rings (SSSR count). The Morgan fingerprint density at radius 3 is 1.60 bits per heavy atom. The zero-order chi connectivity index (χ0) is 36.4. The zero-order valence-electron chi connectivity index (χ0n) is 30.4. The number of hydrogen-bond donors (Lipinski definition) is 0. The summed E-state index contributed by atoms with van der Waals surface area (Å²) in [6.45, 7) is 5.94. The molecule has 1 heteroatoms. The fraction of sp³-hybridized carbons (Fsp3) is 0.0769. The van der Waals surface area contributed by atoms with Crippen molar-refractivity contribution in [2.45, 2.75) is 26.2 Å². The lowest BCUT2D eigenvalue weighted by Gasteiger charge is -2.45. The number of benzene rings is 7. The van der Waals surface area contributed by atoms with Crippen LogP contribution in [0, 0.1) is 12.3 Å². The fourth-order valence-electron chi connectivity index (χ4n) is 8.25. The summed E-state index contributed by atoms with van der Waals surface area (Å²) in [4.78, 5) is 2.46. The van der Waals surface area contributed by atoms with Crippen molar-refractivity contribution in [2.24, 2.45) is 0 Å². The smallest absolute Gasteiger partial charge is 0.0754 e. The number of fused-ring (bicyclic) bond motifs is 9. The van der Waals surface area contributed by atoms with E-state index >= 15 is 0 Å². The van der Waals surface area contributed by atoms with E-state index in [9.17, 15) is 0 Å². The van der Waals surface area contributed by atoms with Crippen LogP contribution in [0.4, 0.5) is 17.1 Å². The number of nitrogens with zero attached hydrogens (tertiary/aromatic N) is 1. The SMILES string of the molecule is C#CC.C/C=C\C=C(/C)c1ccc2c(c1)C1(c3cc(-c4ccccc4)ccc3-2)c2ccccc2N(c2ccc(-c3ccccc3)cc2)c2ccccc21. The summed E-state index contributed by atoms with van der Waals surface area (Å²) < 4.78 is 0. The molecule has 53 heavy (non-hydrogen) atoms. The first-order valence-corrected chi connectivity index (χ1v) is 18.3. The van der Waals surface area contributed by atoms with Gasteiger partial charge in [0.15, 0.2) is 0 Å². The molecular formula is C52H41N. The van der Waals surface area contributed by atoms with Crippen LogP contribution in [0.15, 0.2) is 188 Å². The van der Waals surface area contributed by atoms with Crippen LogP contribution in [0.3, 0.4) is 0 Å². The lowest BCUT2D eigenvalue weighted by Crippen LogP contribution is -2.36. The predicted molar refractivity (Wildman–Crippen MR) is 226 cm³/mol. The number of rotatable bonds is 5. The Bertz CT molecular complexity index is 2480. The van der Waals surface area contributed by atoms with Gasteiger partial charge in [0, 0.05) is 5.69 Å². The molecule has 7 aromatic rings. The normalized spacial score (nSPS) is 13.3. The van der Waals surface area contributed by atoms with E-state index in [-0.39, 0.29) is 0 Å². The minimum Gasteiger partial charge on any atom is -0.310 e. The van der Waals surface area contributed by atoms with Crippen molar-refractivity contribution in [2.75, 3.05) is 4.90 Å². The van der Waals surface area contributed by atoms with Gasteiger partial charge in [-0.1, -0.05) is 152 Å². The molecule has 0 bridgehead atoms. The van der Waals surface area contributed by atoms with Gasteiger partial charge in [-0.25, -0.2) is 0 Å². The Balaban J connectivity index is 0.00000129. The number of terminal acetylenes is 1. The van der Waals surface area contributed by atoms with Crippen molar-refractivity contribution < 1.29 is 0 Å². The molecule has 0 atom stereocenters. The molecule has 0 saturated heterocycles. The highest BCUT2D eigenvalue weighted by atomic mass is 15.2. The molecule has 1 spiro atoms. The highest BCUT2D eigenvalue weighted by molar-refractivity contribution is 5.97. The van der Waals surface area contributed by atoms with Crippen LogP contribution in [0.1, 0.15) is 48.6 Å². The molecule has 1 heterocycles. The van der Waals surface area contributed by atoms with Gasteiger partial charge in [-0.2, -0.15) is 0 Å². The van der Waals surface area contributed by atoms with Crippen LogP contribution < -0.4 is 4.90 Å². The van der Waals surface area contributed by atoms with Crippen molar-refractivity contribution in [1.29, 1.82) is 0 Å². The molecule has 0 amide bonds. The molecular weight excluding hydrogens is 639 g/mol. The molecule has 1 nitrogen and oxygen atoms in total. The minimum absolute atomic E-state index is 0.514. The summed E-state index contributed by atoms with van der Waals surface area (Å²) in [6, 6.07) is 62.8. The van der Waals surface area contributed by atoms with E-state index in [1.165, 1.54) is 78.1 Å². The summed E-state index contributed by atoms with van der Waals surface area (Å²) in [7, 11) is 0. The van der Waals surface area contributed by atoms with Crippen LogP contribution in [-0.2, 0) is 5.41 Å². The van der Waals surface area contributed by atoms with Gasteiger partial charge in [-0.05, 0) is 124 Å². The Hall–Kier alpha value is -6.62. The molecule has 7 aromatic carbocycles. The maximum Gasteiger partial charge on any atom is 0.0754 e. The van der Waals surface area contributed by atoms with Crippen molar-refractivity contribution in [3.8, 4) is 45.7 Å².